The molecule has 1 unspecified atom stereocenters. The van der Waals surface area contributed by atoms with Crippen molar-refractivity contribution in [3.05, 3.63) is 30.5 Å². The van der Waals surface area contributed by atoms with Gasteiger partial charge in [-0.3, -0.25) is 14.7 Å². The molecule has 2 aliphatic heterocycles. The highest BCUT2D eigenvalue weighted by Crippen LogP contribution is 2.34. The standard InChI is InChI=1S/C21H21F4N5O2/c22-13-8-15(9-26)30(10-13)19(31)12-29-7-5-14(11-29)28-17-3-4-18(32-21(23,24)25)20-16(17)2-1-6-27-20/h1-4,6,13-15,28H,5,7-8,10-12H2/t13-,14-,15?/m0/s1. The number of aromatic nitrogens is 1. The Kier molecular flexibility index (Phi) is 6.06. The van der Waals surface area contributed by atoms with E-state index in [1.165, 1.54) is 23.2 Å². The topological polar surface area (TPSA) is 81.5 Å². The molecule has 4 rings (SSSR count). The van der Waals surface area contributed by atoms with Gasteiger partial charge in [-0.15, -0.1) is 13.2 Å². The Labute approximate surface area is 181 Å². The van der Waals surface area contributed by atoms with Gasteiger partial charge in [-0.1, -0.05) is 0 Å². The van der Waals surface area contributed by atoms with E-state index in [0.717, 1.165) is 0 Å². The monoisotopic (exact) mass is 451 g/mol. The summed E-state index contributed by atoms with van der Waals surface area (Å²) in [5.74, 6) is -0.651. The lowest BCUT2D eigenvalue weighted by Gasteiger charge is -2.23. The van der Waals surface area contributed by atoms with Gasteiger partial charge >= 0.3 is 6.36 Å². The zero-order valence-electron chi connectivity index (χ0n) is 17.0. The second kappa shape index (κ2) is 8.78. The fourth-order valence-electron chi connectivity index (χ4n) is 4.26. The molecule has 32 heavy (non-hydrogen) atoms. The van der Waals surface area contributed by atoms with Gasteiger partial charge in [-0.05, 0) is 30.7 Å². The van der Waals surface area contributed by atoms with Gasteiger partial charge in [0.2, 0.25) is 5.91 Å². The Morgan fingerprint density at radius 1 is 1.31 bits per heavy atom. The van der Waals surface area contributed by atoms with E-state index in [1.807, 2.05) is 11.0 Å². The van der Waals surface area contributed by atoms with Crippen molar-refractivity contribution in [2.24, 2.45) is 0 Å². The Morgan fingerprint density at radius 3 is 2.88 bits per heavy atom. The molecule has 3 atom stereocenters. The zero-order valence-corrected chi connectivity index (χ0v) is 17.0. The molecule has 1 aromatic heterocycles. The lowest BCUT2D eigenvalue weighted by Crippen LogP contribution is -2.42. The number of nitrogens with one attached hydrogen (secondary N) is 1. The van der Waals surface area contributed by atoms with Crippen LogP contribution in [0, 0.1) is 11.3 Å². The first kappa shape index (κ1) is 22.1. The second-order valence-corrected chi connectivity index (χ2v) is 7.95. The van der Waals surface area contributed by atoms with Crippen molar-refractivity contribution in [2.45, 2.75) is 37.5 Å². The molecule has 2 aliphatic rings. The molecule has 2 aromatic rings. The summed E-state index contributed by atoms with van der Waals surface area (Å²) in [7, 11) is 0. The summed E-state index contributed by atoms with van der Waals surface area (Å²) in [5.41, 5.74) is 0.711. The van der Waals surface area contributed by atoms with Gasteiger partial charge in [0, 0.05) is 42.8 Å². The third kappa shape index (κ3) is 4.85. The van der Waals surface area contributed by atoms with Gasteiger partial charge in [0.1, 0.15) is 17.7 Å². The Morgan fingerprint density at radius 2 is 2.12 bits per heavy atom. The van der Waals surface area contributed by atoms with Gasteiger partial charge < -0.3 is 15.0 Å². The molecule has 1 aromatic carbocycles. The Balaban J connectivity index is 1.41. The van der Waals surface area contributed by atoms with Crippen molar-refractivity contribution in [2.75, 3.05) is 31.5 Å². The lowest BCUT2D eigenvalue weighted by atomic mass is 10.1. The van der Waals surface area contributed by atoms with Crippen LogP contribution in [0.25, 0.3) is 10.9 Å². The van der Waals surface area contributed by atoms with Crippen LogP contribution < -0.4 is 10.1 Å². The molecule has 1 amide bonds. The molecular formula is C21H21F4N5O2. The molecule has 0 radical (unpaired) electrons. The number of halogens is 4. The number of nitrogens with zero attached hydrogens (tertiary/aromatic N) is 4. The molecule has 0 aliphatic carbocycles. The quantitative estimate of drug-likeness (QED) is 0.704. The minimum atomic E-state index is -4.82. The van der Waals surface area contributed by atoms with E-state index < -0.39 is 18.6 Å². The SMILES string of the molecule is N#CC1C[C@H](F)CN1C(=O)CN1CC[C@H](Nc2ccc(OC(F)(F)F)c3ncccc23)C1. The number of likely N-dealkylation sites (tertiary alicyclic amines) is 2. The number of anilines is 1. The summed E-state index contributed by atoms with van der Waals surface area (Å²) < 4.78 is 55.7. The van der Waals surface area contributed by atoms with Crippen LogP contribution in [0.1, 0.15) is 12.8 Å². The molecular weight excluding hydrogens is 430 g/mol. The maximum Gasteiger partial charge on any atom is 0.573 e. The predicted octanol–water partition coefficient (Wildman–Crippen LogP) is 3.08. The molecule has 7 nitrogen and oxygen atoms in total. The predicted molar refractivity (Wildman–Crippen MR) is 108 cm³/mol. The van der Waals surface area contributed by atoms with Gasteiger partial charge in [-0.2, -0.15) is 5.26 Å². The maximum atomic E-state index is 13.6. The first-order valence-electron chi connectivity index (χ1n) is 10.2. The van der Waals surface area contributed by atoms with Crippen LogP contribution in [0.2, 0.25) is 0 Å². The van der Waals surface area contributed by atoms with Gasteiger partial charge in [0.25, 0.3) is 0 Å². The van der Waals surface area contributed by atoms with Gasteiger partial charge in [0.15, 0.2) is 5.75 Å². The number of rotatable bonds is 5. The van der Waals surface area contributed by atoms with E-state index in [4.69, 9.17) is 5.26 Å². The van der Waals surface area contributed by atoms with Crippen molar-refractivity contribution in [3.63, 3.8) is 0 Å². The van der Waals surface area contributed by atoms with E-state index in [9.17, 15) is 22.4 Å². The van der Waals surface area contributed by atoms with E-state index in [-0.39, 0.29) is 42.7 Å². The minimum absolute atomic E-state index is 0.0418. The number of benzene rings is 1. The zero-order chi connectivity index (χ0) is 22.9. The molecule has 11 heteroatoms. The first-order valence-corrected chi connectivity index (χ1v) is 10.2. The molecule has 0 bridgehead atoms. The number of nitriles is 1. The van der Waals surface area contributed by atoms with Gasteiger partial charge in [0.05, 0.1) is 19.2 Å². The molecule has 3 heterocycles. The number of hydrogen-bond acceptors (Lipinski definition) is 6. The summed E-state index contributed by atoms with van der Waals surface area (Å²) in [5, 5.41) is 12.9. The molecule has 2 fully saturated rings. The molecule has 1 N–H and O–H groups in total. The molecule has 2 saturated heterocycles. The van der Waals surface area contributed by atoms with Crippen LogP contribution >= 0.6 is 0 Å². The minimum Gasteiger partial charge on any atom is -0.403 e. The number of fused-ring (bicyclic) bond motifs is 1. The van der Waals surface area contributed by atoms with E-state index in [0.29, 0.717) is 30.6 Å². The average molecular weight is 451 g/mol. The Bertz CT molecular complexity index is 1040. The van der Waals surface area contributed by atoms with Crippen molar-refractivity contribution in [3.8, 4) is 11.8 Å². The van der Waals surface area contributed by atoms with Crippen LogP contribution in [-0.2, 0) is 4.79 Å². The van der Waals surface area contributed by atoms with Gasteiger partial charge in [-0.25, -0.2) is 4.39 Å². The summed E-state index contributed by atoms with van der Waals surface area (Å²) in [6, 6.07) is 7.23. The van der Waals surface area contributed by atoms with Crippen LogP contribution in [0.5, 0.6) is 5.75 Å². The summed E-state index contributed by atoms with van der Waals surface area (Å²) in [6.07, 6.45) is -3.85. The first-order chi connectivity index (χ1) is 15.2. The highest BCUT2D eigenvalue weighted by molar-refractivity contribution is 5.95. The fraction of sp³-hybridized carbons (Fsp3) is 0.476. The van der Waals surface area contributed by atoms with E-state index in [1.54, 1.807) is 12.1 Å². The van der Waals surface area contributed by atoms with Crippen LogP contribution in [0.15, 0.2) is 30.5 Å². The average Bonchev–Trinajstić information content (AvgIpc) is 3.34. The maximum absolute atomic E-state index is 13.6. The van der Waals surface area contributed by atoms with Crippen LogP contribution in [0.4, 0.5) is 23.2 Å². The highest BCUT2D eigenvalue weighted by Gasteiger charge is 2.37. The summed E-state index contributed by atoms with van der Waals surface area (Å²) >= 11 is 0. The van der Waals surface area contributed by atoms with Crippen LogP contribution in [-0.4, -0.2) is 71.5 Å². The number of carbonyl (C=O) groups excluding carboxylic acids is 1. The smallest absolute Gasteiger partial charge is 0.403 e. The lowest BCUT2D eigenvalue weighted by molar-refractivity contribution is -0.274. The van der Waals surface area contributed by atoms with Crippen molar-refractivity contribution in [1.82, 2.24) is 14.8 Å². The largest absolute Gasteiger partial charge is 0.573 e. The number of pyridine rings is 1. The number of ether oxygens (including phenoxy) is 1. The third-order valence-electron chi connectivity index (χ3n) is 5.67. The summed E-state index contributed by atoms with van der Waals surface area (Å²) in [4.78, 5) is 19.8. The third-order valence-corrected chi connectivity index (χ3v) is 5.67. The van der Waals surface area contributed by atoms with Crippen molar-refractivity contribution < 1.29 is 27.1 Å². The fourth-order valence-corrected chi connectivity index (χ4v) is 4.26. The van der Waals surface area contributed by atoms with E-state index in [2.05, 4.69) is 15.0 Å². The molecule has 0 saturated carbocycles. The second-order valence-electron chi connectivity index (χ2n) is 7.95. The van der Waals surface area contributed by atoms with E-state index >= 15 is 0 Å². The van der Waals surface area contributed by atoms with Crippen LogP contribution in [0.3, 0.4) is 0 Å². The van der Waals surface area contributed by atoms with Crippen molar-refractivity contribution in [1.29, 1.82) is 5.26 Å². The van der Waals surface area contributed by atoms with Crippen molar-refractivity contribution >= 4 is 22.5 Å². The molecule has 0 spiro atoms. The highest BCUT2D eigenvalue weighted by atomic mass is 19.4. The number of carbonyl (C=O) groups is 1. The molecule has 170 valence electrons. The number of alkyl halides is 4. The number of amides is 1. The normalized spacial score (nSPS) is 24.0. The summed E-state index contributed by atoms with van der Waals surface area (Å²) in [6.45, 7) is 1.18. The number of hydrogen-bond donors (Lipinski definition) is 1. The Hall–Kier alpha value is -3.13.